The van der Waals surface area contributed by atoms with Crippen LogP contribution in [0.4, 0.5) is 0 Å². The number of nitrogens with zero attached hydrogens (tertiary/aromatic N) is 4. The molecule has 1 aliphatic carbocycles. The molecule has 0 unspecified atom stereocenters. The second-order valence-electron chi connectivity index (χ2n) is 7.78. The Morgan fingerprint density at radius 2 is 1.97 bits per heavy atom. The van der Waals surface area contributed by atoms with Crippen LogP contribution < -0.4 is 9.47 Å². The molecule has 154 valence electrons. The van der Waals surface area contributed by atoms with Crippen molar-refractivity contribution in [3.63, 3.8) is 0 Å². The first-order valence-electron chi connectivity index (χ1n) is 9.97. The number of benzene rings is 1. The molecule has 2 aliphatic rings. The monoisotopic (exact) mass is 403 g/mol. The lowest BCUT2D eigenvalue weighted by Crippen LogP contribution is -2.52. The second-order valence-corrected chi connectivity index (χ2v) is 7.78. The summed E-state index contributed by atoms with van der Waals surface area (Å²) in [6.45, 7) is 3.84. The Balaban J connectivity index is 2.19. The molecule has 1 aromatic rings. The maximum Gasteiger partial charge on any atom is 0.189 e. The minimum absolute atomic E-state index is 0.141. The topological polar surface area (TPSA) is 117 Å². The van der Waals surface area contributed by atoms with E-state index in [1.165, 1.54) is 0 Å². The fourth-order valence-electron chi connectivity index (χ4n) is 4.54. The third kappa shape index (κ3) is 3.30. The van der Waals surface area contributed by atoms with E-state index in [1.54, 1.807) is 19.2 Å². The lowest BCUT2D eigenvalue weighted by molar-refractivity contribution is 0.234. The number of ether oxygens (including phenoxy) is 2. The predicted molar refractivity (Wildman–Crippen MR) is 111 cm³/mol. The van der Waals surface area contributed by atoms with Crippen molar-refractivity contribution >= 4 is 5.71 Å². The normalized spacial score (nSPS) is 25.1. The molecule has 0 saturated heterocycles. The van der Waals surface area contributed by atoms with E-state index in [-0.39, 0.29) is 11.6 Å². The Labute approximate surface area is 177 Å². The predicted octanol–water partition coefficient (Wildman–Crippen LogP) is 3.26. The molecule has 0 radical (unpaired) electrons. The molecule has 0 spiro atoms. The van der Waals surface area contributed by atoms with E-state index < -0.39 is 17.3 Å². The van der Waals surface area contributed by atoms with Crippen LogP contribution in [-0.4, -0.2) is 44.5 Å². The summed E-state index contributed by atoms with van der Waals surface area (Å²) in [5.41, 5.74) is -0.308. The van der Waals surface area contributed by atoms with Gasteiger partial charge in [-0.1, -0.05) is 19.1 Å². The van der Waals surface area contributed by atoms with E-state index in [0.717, 1.165) is 17.6 Å². The molecule has 7 heteroatoms. The summed E-state index contributed by atoms with van der Waals surface area (Å²) < 4.78 is 11.3. The Morgan fingerprint density at radius 1 is 1.23 bits per heavy atom. The first kappa shape index (κ1) is 21.4. The Kier molecular flexibility index (Phi) is 6.11. The minimum Gasteiger partial charge on any atom is -0.493 e. The van der Waals surface area contributed by atoms with Gasteiger partial charge in [0.1, 0.15) is 5.92 Å². The lowest BCUT2D eigenvalue weighted by Gasteiger charge is -2.47. The number of methoxy groups -OCH3 is 1. The summed E-state index contributed by atoms with van der Waals surface area (Å²) in [4.78, 5) is 2.10. The Morgan fingerprint density at radius 3 is 2.57 bits per heavy atom. The molecule has 1 heterocycles. The van der Waals surface area contributed by atoms with Crippen LogP contribution >= 0.6 is 0 Å². The number of nitrogens with one attached hydrogen (secondary N) is 1. The first-order chi connectivity index (χ1) is 14.5. The van der Waals surface area contributed by atoms with Gasteiger partial charge in [-0.2, -0.15) is 15.8 Å². The molecule has 1 fully saturated rings. The van der Waals surface area contributed by atoms with Gasteiger partial charge in [-0.05, 0) is 36.7 Å². The molecule has 1 aromatic carbocycles. The highest BCUT2D eigenvalue weighted by atomic mass is 16.5. The second kappa shape index (κ2) is 8.57. The van der Waals surface area contributed by atoms with Gasteiger partial charge >= 0.3 is 0 Å². The van der Waals surface area contributed by atoms with Crippen LogP contribution in [0.25, 0.3) is 0 Å². The minimum atomic E-state index is -1.72. The van der Waals surface area contributed by atoms with Crippen LogP contribution in [0, 0.1) is 56.7 Å². The highest BCUT2D eigenvalue weighted by molar-refractivity contribution is 6.00. The SMILES string of the molecule is CCCOc1ccc([C@@H]2[C@@H]3CN(C)CC=C3[C@@H](C#N)C(=N)C2(C#N)C#N)cc1OC. The van der Waals surface area contributed by atoms with E-state index in [2.05, 4.69) is 23.1 Å². The first-order valence-corrected chi connectivity index (χ1v) is 9.97. The average molecular weight is 403 g/mol. The summed E-state index contributed by atoms with van der Waals surface area (Å²) in [7, 11) is 3.52. The fourth-order valence-corrected chi connectivity index (χ4v) is 4.54. The number of hydrogen-bond acceptors (Lipinski definition) is 7. The van der Waals surface area contributed by atoms with E-state index in [9.17, 15) is 15.8 Å². The van der Waals surface area contributed by atoms with Crippen LogP contribution in [0.5, 0.6) is 11.5 Å². The maximum absolute atomic E-state index is 10.1. The molecule has 1 saturated carbocycles. The molecule has 0 aromatic heterocycles. The van der Waals surface area contributed by atoms with Crippen LogP contribution in [0.1, 0.15) is 24.8 Å². The highest BCUT2D eigenvalue weighted by Crippen LogP contribution is 2.54. The lowest BCUT2D eigenvalue weighted by atomic mass is 9.54. The van der Waals surface area contributed by atoms with E-state index in [1.807, 2.05) is 26.1 Å². The van der Waals surface area contributed by atoms with Crippen LogP contribution in [0.3, 0.4) is 0 Å². The highest BCUT2D eigenvalue weighted by Gasteiger charge is 2.57. The van der Waals surface area contributed by atoms with Gasteiger partial charge in [-0.25, -0.2) is 0 Å². The molecule has 3 rings (SSSR count). The molecule has 7 nitrogen and oxygen atoms in total. The van der Waals surface area contributed by atoms with E-state index >= 15 is 0 Å². The van der Waals surface area contributed by atoms with Crippen molar-refractivity contribution in [1.29, 1.82) is 21.2 Å². The van der Waals surface area contributed by atoms with Crippen molar-refractivity contribution in [2.75, 3.05) is 33.9 Å². The third-order valence-corrected chi connectivity index (χ3v) is 5.98. The number of rotatable bonds is 5. The van der Waals surface area contributed by atoms with Gasteiger partial charge in [0.15, 0.2) is 16.9 Å². The summed E-state index contributed by atoms with van der Waals surface area (Å²) in [5, 5.41) is 38.6. The standard InChI is InChI=1S/C23H25N5O2/c1-4-9-30-19-6-5-15(10-20(19)29-3)21-18-12-28(2)8-7-16(18)17(11-24)22(27)23(21,13-25)14-26/h5-7,10,17-18,21,27H,4,8-9,12H2,1-3H3/t17-,18-,21-/m1/s1. The van der Waals surface area contributed by atoms with E-state index in [0.29, 0.717) is 31.2 Å². The maximum atomic E-state index is 10.1. The number of fused-ring (bicyclic) bond motifs is 1. The van der Waals surface area contributed by atoms with Gasteiger partial charge in [-0.15, -0.1) is 0 Å². The molecule has 30 heavy (non-hydrogen) atoms. The van der Waals surface area contributed by atoms with Gasteiger partial charge in [0.25, 0.3) is 0 Å². The van der Waals surface area contributed by atoms with Crippen LogP contribution in [0.15, 0.2) is 29.8 Å². The molecule has 0 amide bonds. The summed E-state index contributed by atoms with van der Waals surface area (Å²) in [6, 6.07) is 11.8. The molecular formula is C23H25N5O2. The zero-order valence-corrected chi connectivity index (χ0v) is 17.5. The van der Waals surface area contributed by atoms with Crippen molar-refractivity contribution in [3.05, 3.63) is 35.4 Å². The quantitative estimate of drug-likeness (QED) is 0.754. The zero-order chi connectivity index (χ0) is 21.9. The third-order valence-electron chi connectivity index (χ3n) is 5.98. The summed E-state index contributed by atoms with van der Waals surface area (Å²) >= 11 is 0. The Bertz CT molecular complexity index is 980. The van der Waals surface area contributed by atoms with Gasteiger partial charge in [0.05, 0.1) is 37.6 Å². The van der Waals surface area contributed by atoms with Crippen molar-refractivity contribution < 1.29 is 9.47 Å². The van der Waals surface area contributed by atoms with Crippen molar-refractivity contribution in [2.24, 2.45) is 17.3 Å². The molecule has 0 bridgehead atoms. The summed E-state index contributed by atoms with van der Waals surface area (Å²) in [5.74, 6) is -0.552. The number of hydrogen-bond donors (Lipinski definition) is 1. The van der Waals surface area contributed by atoms with Crippen LogP contribution in [-0.2, 0) is 0 Å². The van der Waals surface area contributed by atoms with Crippen molar-refractivity contribution in [3.8, 4) is 29.7 Å². The van der Waals surface area contributed by atoms with E-state index in [4.69, 9.17) is 14.9 Å². The average Bonchev–Trinajstić information content (AvgIpc) is 2.77. The van der Waals surface area contributed by atoms with Crippen molar-refractivity contribution in [1.82, 2.24) is 4.90 Å². The largest absolute Gasteiger partial charge is 0.493 e. The fraction of sp³-hybridized carbons (Fsp3) is 0.478. The summed E-state index contributed by atoms with van der Waals surface area (Å²) in [6.07, 6.45) is 2.83. The smallest absolute Gasteiger partial charge is 0.189 e. The molecule has 1 aliphatic heterocycles. The van der Waals surface area contributed by atoms with Crippen LogP contribution in [0.2, 0.25) is 0 Å². The van der Waals surface area contributed by atoms with Gasteiger partial charge in [0, 0.05) is 24.9 Å². The number of nitriles is 3. The molecule has 3 atom stereocenters. The van der Waals surface area contributed by atoms with Gasteiger partial charge < -0.3 is 19.8 Å². The zero-order valence-electron chi connectivity index (χ0n) is 17.5. The van der Waals surface area contributed by atoms with Gasteiger partial charge in [-0.3, -0.25) is 0 Å². The molecular weight excluding hydrogens is 378 g/mol. The van der Waals surface area contributed by atoms with Crippen molar-refractivity contribution in [2.45, 2.75) is 19.3 Å². The molecule has 1 N–H and O–H groups in total. The Hall–Kier alpha value is -3.34. The van der Waals surface area contributed by atoms with Gasteiger partial charge in [0.2, 0.25) is 0 Å². The number of likely N-dealkylation sites (N-methyl/N-ethyl adjacent to an activating group) is 1.